The van der Waals surface area contributed by atoms with E-state index in [1.54, 1.807) is 56.4 Å². The van der Waals surface area contributed by atoms with Gasteiger partial charge in [0.1, 0.15) is 5.82 Å². The van der Waals surface area contributed by atoms with E-state index in [9.17, 15) is 13.8 Å². The zero-order valence-electron chi connectivity index (χ0n) is 18.3. The molecule has 1 N–H and O–H groups in total. The lowest BCUT2D eigenvalue weighted by molar-refractivity contribution is -0.116. The van der Waals surface area contributed by atoms with E-state index in [0.717, 1.165) is 11.1 Å². The molecule has 0 radical (unpaired) electrons. The predicted molar refractivity (Wildman–Crippen MR) is 128 cm³/mol. The summed E-state index contributed by atoms with van der Waals surface area (Å²) in [5.41, 5.74) is 2.84. The Hall–Kier alpha value is -2.32. The van der Waals surface area contributed by atoms with Gasteiger partial charge in [-0.25, -0.2) is 4.39 Å². The molecule has 0 bridgehead atoms. The maximum Gasteiger partial charge on any atom is 0.335 e. The highest BCUT2D eigenvalue weighted by Gasteiger charge is 2.24. The van der Waals surface area contributed by atoms with Gasteiger partial charge in [0.25, 0.3) is 0 Å². The molecule has 33 heavy (non-hydrogen) atoms. The second kappa shape index (κ2) is 11.7. The van der Waals surface area contributed by atoms with Crippen LogP contribution in [-0.4, -0.2) is 24.3 Å². The van der Waals surface area contributed by atoms with Crippen molar-refractivity contribution in [1.29, 1.82) is 0 Å². The Kier molecular flexibility index (Phi) is 8.97. The summed E-state index contributed by atoms with van der Waals surface area (Å²) < 4.78 is 42.4. The molecule has 2 aromatic carbocycles. The molecule has 3 rings (SSSR count). The normalized spacial score (nSPS) is 11.5. The molecule has 0 aliphatic carbocycles. The van der Waals surface area contributed by atoms with Crippen LogP contribution in [-0.2, 0) is 31.0 Å². The number of aromatic nitrogens is 1. The van der Waals surface area contributed by atoms with Crippen molar-refractivity contribution in [2.75, 3.05) is 18.5 Å². The van der Waals surface area contributed by atoms with Gasteiger partial charge >= 0.3 is 7.60 Å². The molecule has 3 aromatic rings. The fourth-order valence-corrected chi connectivity index (χ4v) is 5.30. The first-order chi connectivity index (χ1) is 15.8. The van der Waals surface area contributed by atoms with Crippen LogP contribution in [0.4, 0.5) is 10.1 Å². The van der Waals surface area contributed by atoms with E-state index in [1.165, 1.54) is 6.07 Å². The van der Waals surface area contributed by atoms with E-state index in [-0.39, 0.29) is 24.3 Å². The van der Waals surface area contributed by atoms with Crippen LogP contribution in [0.1, 0.15) is 31.4 Å². The number of hydrogen-bond acceptors (Lipinski definition) is 6. The van der Waals surface area contributed by atoms with Gasteiger partial charge in [0.2, 0.25) is 5.91 Å². The Bertz CT molecular complexity index is 1130. The fourth-order valence-electron chi connectivity index (χ4n) is 3.22. The second-order valence-electron chi connectivity index (χ2n) is 7.16. The van der Waals surface area contributed by atoms with Crippen molar-refractivity contribution in [3.8, 4) is 11.3 Å². The SMILES string of the molecule is CCOP(=O)(Cc1ccc(NC(=O)CCc2cnoc2-c2ccc(F)c(Br)c2)cc1)OCC. The maximum absolute atomic E-state index is 13.5. The van der Waals surface area contributed by atoms with Crippen molar-refractivity contribution in [3.63, 3.8) is 0 Å². The van der Waals surface area contributed by atoms with E-state index in [0.29, 0.717) is 41.1 Å². The summed E-state index contributed by atoms with van der Waals surface area (Å²) in [5.74, 6) is -0.0471. The monoisotopic (exact) mass is 538 g/mol. The molecular formula is C23H25BrFN2O5P. The van der Waals surface area contributed by atoms with Gasteiger partial charge in [0.05, 0.1) is 30.0 Å². The Morgan fingerprint density at radius 3 is 2.48 bits per heavy atom. The number of amides is 1. The molecule has 0 atom stereocenters. The van der Waals surface area contributed by atoms with Gasteiger partial charge in [-0.15, -0.1) is 0 Å². The summed E-state index contributed by atoms with van der Waals surface area (Å²) >= 11 is 3.16. The minimum absolute atomic E-state index is 0.165. The smallest absolute Gasteiger partial charge is 0.335 e. The fraction of sp³-hybridized carbons (Fsp3) is 0.304. The molecule has 1 amide bonds. The number of carbonyl (C=O) groups excluding carboxylic acids is 1. The number of aryl methyl sites for hydroxylation is 1. The summed E-state index contributed by atoms with van der Waals surface area (Å²) in [5, 5.41) is 6.66. The van der Waals surface area contributed by atoms with Crippen LogP contribution < -0.4 is 5.32 Å². The van der Waals surface area contributed by atoms with Gasteiger partial charge in [0, 0.05) is 23.2 Å². The lowest BCUT2D eigenvalue weighted by Gasteiger charge is -2.17. The molecule has 0 saturated carbocycles. The average molecular weight is 539 g/mol. The van der Waals surface area contributed by atoms with E-state index in [4.69, 9.17) is 13.6 Å². The summed E-state index contributed by atoms with van der Waals surface area (Å²) in [6.45, 7) is 4.15. The Labute approximate surface area is 200 Å². The average Bonchev–Trinajstić information content (AvgIpc) is 3.24. The van der Waals surface area contributed by atoms with Gasteiger partial charge in [0.15, 0.2) is 5.76 Å². The molecule has 176 valence electrons. The predicted octanol–water partition coefficient (Wildman–Crippen LogP) is 6.58. The van der Waals surface area contributed by atoms with Gasteiger partial charge in [-0.05, 0) is 72.1 Å². The lowest BCUT2D eigenvalue weighted by Crippen LogP contribution is -2.12. The number of anilines is 1. The number of nitrogens with one attached hydrogen (secondary N) is 1. The number of nitrogens with zero attached hydrogens (tertiary/aromatic N) is 1. The highest BCUT2D eigenvalue weighted by atomic mass is 79.9. The quantitative estimate of drug-likeness (QED) is 0.277. The largest absolute Gasteiger partial charge is 0.356 e. The molecular weight excluding hydrogens is 514 g/mol. The van der Waals surface area contributed by atoms with Crippen molar-refractivity contribution in [2.45, 2.75) is 32.9 Å². The van der Waals surface area contributed by atoms with Crippen molar-refractivity contribution in [2.24, 2.45) is 0 Å². The van der Waals surface area contributed by atoms with Crippen LogP contribution in [0.2, 0.25) is 0 Å². The Balaban J connectivity index is 1.57. The molecule has 0 saturated heterocycles. The van der Waals surface area contributed by atoms with E-state index < -0.39 is 7.60 Å². The zero-order chi connectivity index (χ0) is 23.8. The van der Waals surface area contributed by atoms with E-state index in [1.807, 2.05) is 0 Å². The molecule has 0 unspecified atom stereocenters. The van der Waals surface area contributed by atoms with Gasteiger partial charge < -0.3 is 18.9 Å². The number of halogens is 2. The maximum atomic E-state index is 13.5. The van der Waals surface area contributed by atoms with E-state index in [2.05, 4.69) is 26.4 Å². The summed E-state index contributed by atoms with van der Waals surface area (Å²) in [7, 11) is -3.18. The second-order valence-corrected chi connectivity index (χ2v) is 10.1. The zero-order valence-corrected chi connectivity index (χ0v) is 20.8. The highest BCUT2D eigenvalue weighted by molar-refractivity contribution is 9.10. The third-order valence-electron chi connectivity index (χ3n) is 4.71. The van der Waals surface area contributed by atoms with Crippen LogP contribution in [0.5, 0.6) is 0 Å². The minimum atomic E-state index is -3.18. The highest BCUT2D eigenvalue weighted by Crippen LogP contribution is 2.51. The molecule has 0 aliphatic rings. The summed E-state index contributed by atoms with van der Waals surface area (Å²) in [6, 6.07) is 11.6. The first kappa shape index (κ1) is 25.3. The number of hydrogen-bond donors (Lipinski definition) is 1. The Morgan fingerprint density at radius 2 is 1.85 bits per heavy atom. The number of carbonyl (C=O) groups is 1. The molecule has 1 aromatic heterocycles. The summed E-state index contributed by atoms with van der Waals surface area (Å²) in [4.78, 5) is 12.4. The minimum Gasteiger partial charge on any atom is -0.356 e. The number of rotatable bonds is 11. The molecule has 1 heterocycles. The number of benzene rings is 2. The Morgan fingerprint density at radius 1 is 1.15 bits per heavy atom. The topological polar surface area (TPSA) is 90.7 Å². The van der Waals surface area contributed by atoms with Crippen LogP contribution >= 0.6 is 23.5 Å². The molecule has 0 aliphatic heterocycles. The third kappa shape index (κ3) is 7.08. The van der Waals surface area contributed by atoms with Gasteiger partial charge in [-0.3, -0.25) is 9.36 Å². The van der Waals surface area contributed by atoms with Crippen LogP contribution in [0.3, 0.4) is 0 Å². The van der Waals surface area contributed by atoms with Crippen LogP contribution in [0, 0.1) is 5.82 Å². The van der Waals surface area contributed by atoms with Crippen LogP contribution in [0.15, 0.2) is 57.7 Å². The molecule has 10 heteroatoms. The first-order valence-corrected chi connectivity index (χ1v) is 13.0. The van der Waals surface area contributed by atoms with Crippen molar-refractivity contribution < 1.29 is 27.3 Å². The van der Waals surface area contributed by atoms with Gasteiger partial charge in [-0.1, -0.05) is 17.3 Å². The molecule has 0 spiro atoms. The standard InChI is InChI=1S/C23H25BrFN2O5P/c1-3-30-33(29,31-4-2)15-16-5-9-19(10-6-16)27-22(28)12-8-18-14-26-32-23(18)17-7-11-21(25)20(24)13-17/h5-7,9-11,13-14H,3-4,8,12,15H2,1-2H3,(H,27,28). The van der Waals surface area contributed by atoms with Crippen molar-refractivity contribution in [3.05, 3.63) is 70.1 Å². The lowest BCUT2D eigenvalue weighted by atomic mass is 10.1. The molecule has 7 nitrogen and oxygen atoms in total. The van der Waals surface area contributed by atoms with Crippen LogP contribution in [0.25, 0.3) is 11.3 Å². The molecule has 0 fully saturated rings. The summed E-state index contributed by atoms with van der Waals surface area (Å²) in [6.07, 6.45) is 2.34. The van der Waals surface area contributed by atoms with E-state index >= 15 is 0 Å². The first-order valence-electron chi connectivity index (χ1n) is 10.5. The van der Waals surface area contributed by atoms with Crippen molar-refractivity contribution in [1.82, 2.24) is 5.16 Å². The van der Waals surface area contributed by atoms with Gasteiger partial charge in [-0.2, -0.15) is 0 Å². The third-order valence-corrected chi connectivity index (χ3v) is 7.38. The van der Waals surface area contributed by atoms with Crippen molar-refractivity contribution >= 4 is 35.1 Å².